The minimum Gasteiger partial charge on any atom is -0.363 e. The van der Waals surface area contributed by atoms with Crippen LogP contribution in [0.4, 0.5) is 10.2 Å². The number of aromatic nitrogens is 2. The van der Waals surface area contributed by atoms with Gasteiger partial charge < -0.3 is 10.6 Å². The highest BCUT2D eigenvalue weighted by molar-refractivity contribution is 6.00. The summed E-state index contributed by atoms with van der Waals surface area (Å²) in [7, 11) is 0. The molecule has 174 valence electrons. The Labute approximate surface area is 195 Å². The van der Waals surface area contributed by atoms with E-state index in [1.54, 1.807) is 12.1 Å². The molecule has 5 nitrogen and oxygen atoms in total. The molecule has 0 saturated carbocycles. The van der Waals surface area contributed by atoms with Gasteiger partial charge in [-0.3, -0.25) is 4.79 Å². The van der Waals surface area contributed by atoms with Gasteiger partial charge in [0.05, 0.1) is 23.3 Å². The number of carbonyl (C=O) groups excluding carboxylic acids is 1. The van der Waals surface area contributed by atoms with Gasteiger partial charge in [0.2, 0.25) is 0 Å². The quantitative estimate of drug-likeness (QED) is 0.481. The van der Waals surface area contributed by atoms with E-state index >= 15 is 0 Å². The van der Waals surface area contributed by atoms with E-state index in [9.17, 15) is 9.18 Å². The first kappa shape index (κ1) is 23.0. The highest BCUT2D eigenvalue weighted by atomic mass is 19.1. The molecule has 0 radical (unpaired) electrons. The molecular weight excluding hydrogens is 415 g/mol. The van der Waals surface area contributed by atoms with Crippen LogP contribution in [0, 0.1) is 12.7 Å². The molecule has 2 atom stereocenters. The number of nitrogens with zero attached hydrogens (tertiary/aromatic N) is 2. The number of nitrogens with one attached hydrogen (secondary N) is 2. The second-order valence-electron chi connectivity index (χ2n) is 9.44. The number of hydrogen-bond acceptors (Lipinski definition) is 3. The van der Waals surface area contributed by atoms with Crippen LogP contribution in [0.3, 0.4) is 0 Å². The Bertz CT molecular complexity index is 1170. The van der Waals surface area contributed by atoms with E-state index < -0.39 is 0 Å². The molecular formula is C27H33FN4O. The number of halogens is 1. The van der Waals surface area contributed by atoms with Crippen LogP contribution in [0.5, 0.6) is 0 Å². The van der Waals surface area contributed by atoms with Gasteiger partial charge in [0.15, 0.2) is 0 Å². The number of fused-ring (bicyclic) bond motifs is 1. The van der Waals surface area contributed by atoms with Gasteiger partial charge in [0.25, 0.3) is 5.91 Å². The SMILES string of the molecule is CCc1ccccc1C(CC)NC(=O)c1c(C)nn2c1NC(c1ccccc1F)CC2(C)C. The molecule has 3 aromatic rings. The number of carbonyl (C=O) groups is 1. The molecule has 1 aromatic heterocycles. The maximum atomic E-state index is 14.6. The summed E-state index contributed by atoms with van der Waals surface area (Å²) in [6.45, 7) is 10.2. The number of anilines is 1. The third-order valence-corrected chi connectivity index (χ3v) is 6.68. The summed E-state index contributed by atoms with van der Waals surface area (Å²) in [5.74, 6) is 0.237. The Morgan fingerprint density at radius 1 is 1.21 bits per heavy atom. The largest absolute Gasteiger partial charge is 0.363 e. The normalized spacial score (nSPS) is 17.7. The predicted molar refractivity (Wildman–Crippen MR) is 130 cm³/mol. The van der Waals surface area contributed by atoms with Gasteiger partial charge >= 0.3 is 0 Å². The average molecular weight is 449 g/mol. The van der Waals surface area contributed by atoms with E-state index in [0.29, 0.717) is 29.1 Å². The third kappa shape index (κ3) is 4.26. The monoisotopic (exact) mass is 448 g/mol. The van der Waals surface area contributed by atoms with Crippen LogP contribution in [0.15, 0.2) is 48.5 Å². The fraction of sp³-hybridized carbons (Fsp3) is 0.407. The van der Waals surface area contributed by atoms with Gasteiger partial charge in [-0.05, 0) is 57.2 Å². The summed E-state index contributed by atoms with van der Waals surface area (Å²) in [6, 6.07) is 14.7. The highest BCUT2D eigenvalue weighted by Gasteiger charge is 2.38. The van der Waals surface area contributed by atoms with Gasteiger partial charge in [-0.15, -0.1) is 0 Å². The molecule has 0 aliphatic carbocycles. The molecule has 33 heavy (non-hydrogen) atoms. The zero-order valence-corrected chi connectivity index (χ0v) is 20.1. The zero-order valence-electron chi connectivity index (χ0n) is 20.1. The lowest BCUT2D eigenvalue weighted by Crippen LogP contribution is -2.39. The van der Waals surface area contributed by atoms with Crippen molar-refractivity contribution in [1.82, 2.24) is 15.1 Å². The van der Waals surface area contributed by atoms with Crippen molar-refractivity contribution in [2.75, 3.05) is 5.32 Å². The van der Waals surface area contributed by atoms with E-state index in [4.69, 9.17) is 5.10 Å². The minimum absolute atomic E-state index is 0.0948. The number of amides is 1. The number of rotatable bonds is 6. The van der Waals surface area contributed by atoms with Crippen molar-refractivity contribution in [3.8, 4) is 0 Å². The average Bonchev–Trinajstić information content (AvgIpc) is 3.14. The van der Waals surface area contributed by atoms with E-state index in [1.165, 1.54) is 11.6 Å². The maximum Gasteiger partial charge on any atom is 0.257 e. The molecule has 1 aliphatic rings. The standard InChI is InChI=1S/C27H33FN4O/c1-6-18-12-8-9-13-19(18)22(7-2)30-26(33)24-17(3)31-32-25(24)29-23(16-27(32,4)5)20-14-10-11-15-21(20)28/h8-15,22-23,29H,6-7,16H2,1-5H3,(H,30,33). The van der Waals surface area contributed by atoms with Crippen LogP contribution in [0.25, 0.3) is 0 Å². The van der Waals surface area contributed by atoms with Crippen molar-refractivity contribution in [2.24, 2.45) is 0 Å². The molecule has 0 bridgehead atoms. The van der Waals surface area contributed by atoms with Crippen molar-refractivity contribution < 1.29 is 9.18 Å². The van der Waals surface area contributed by atoms with Crippen LogP contribution in [-0.2, 0) is 12.0 Å². The van der Waals surface area contributed by atoms with E-state index in [2.05, 4.69) is 50.5 Å². The number of aryl methyl sites for hydroxylation is 2. The molecule has 2 aromatic carbocycles. The lowest BCUT2D eigenvalue weighted by atomic mass is 9.88. The Hall–Kier alpha value is -3.15. The number of benzene rings is 2. The lowest BCUT2D eigenvalue weighted by Gasteiger charge is -2.38. The van der Waals surface area contributed by atoms with Gasteiger partial charge in [-0.25, -0.2) is 9.07 Å². The summed E-state index contributed by atoms with van der Waals surface area (Å²) in [6.07, 6.45) is 2.34. The summed E-state index contributed by atoms with van der Waals surface area (Å²) in [5.41, 5.74) is 3.79. The van der Waals surface area contributed by atoms with Crippen molar-refractivity contribution >= 4 is 11.7 Å². The molecule has 0 saturated heterocycles. The summed E-state index contributed by atoms with van der Waals surface area (Å²) in [5, 5.41) is 11.4. The first-order valence-corrected chi connectivity index (χ1v) is 11.8. The summed E-state index contributed by atoms with van der Waals surface area (Å²) in [4.78, 5) is 13.6. The molecule has 0 spiro atoms. The van der Waals surface area contributed by atoms with Crippen molar-refractivity contribution in [3.05, 3.63) is 82.3 Å². The molecule has 1 amide bonds. The third-order valence-electron chi connectivity index (χ3n) is 6.68. The first-order valence-electron chi connectivity index (χ1n) is 11.8. The fourth-order valence-electron chi connectivity index (χ4n) is 4.94. The number of hydrogen-bond donors (Lipinski definition) is 2. The molecule has 2 unspecified atom stereocenters. The lowest BCUT2D eigenvalue weighted by molar-refractivity contribution is 0.0935. The Morgan fingerprint density at radius 2 is 1.91 bits per heavy atom. The van der Waals surface area contributed by atoms with Crippen LogP contribution >= 0.6 is 0 Å². The maximum absolute atomic E-state index is 14.6. The van der Waals surface area contributed by atoms with Crippen LogP contribution in [0.1, 0.15) is 85.4 Å². The van der Waals surface area contributed by atoms with Crippen LogP contribution < -0.4 is 10.6 Å². The highest BCUT2D eigenvalue weighted by Crippen LogP contribution is 2.41. The second-order valence-corrected chi connectivity index (χ2v) is 9.44. The fourth-order valence-corrected chi connectivity index (χ4v) is 4.94. The molecule has 2 heterocycles. The molecule has 0 fully saturated rings. The minimum atomic E-state index is -0.379. The molecule has 1 aliphatic heterocycles. The van der Waals surface area contributed by atoms with Crippen molar-refractivity contribution in [3.63, 3.8) is 0 Å². The van der Waals surface area contributed by atoms with Gasteiger partial charge in [0, 0.05) is 5.56 Å². The smallest absolute Gasteiger partial charge is 0.257 e. The predicted octanol–water partition coefficient (Wildman–Crippen LogP) is 6.07. The van der Waals surface area contributed by atoms with Gasteiger partial charge in [0.1, 0.15) is 17.2 Å². The van der Waals surface area contributed by atoms with Crippen molar-refractivity contribution in [2.45, 2.75) is 71.5 Å². The van der Waals surface area contributed by atoms with E-state index in [0.717, 1.165) is 18.4 Å². The topological polar surface area (TPSA) is 59.0 Å². The van der Waals surface area contributed by atoms with E-state index in [1.807, 2.05) is 29.8 Å². The van der Waals surface area contributed by atoms with Crippen molar-refractivity contribution in [1.29, 1.82) is 0 Å². The van der Waals surface area contributed by atoms with Gasteiger partial charge in [-0.2, -0.15) is 5.10 Å². The summed E-state index contributed by atoms with van der Waals surface area (Å²) < 4.78 is 16.5. The molecule has 6 heteroatoms. The molecule has 2 N–H and O–H groups in total. The Morgan fingerprint density at radius 3 is 2.61 bits per heavy atom. The second kappa shape index (κ2) is 9.00. The van der Waals surface area contributed by atoms with E-state index in [-0.39, 0.29) is 29.3 Å². The zero-order chi connectivity index (χ0) is 23.8. The van der Waals surface area contributed by atoms with Crippen LogP contribution in [-0.4, -0.2) is 15.7 Å². The van der Waals surface area contributed by atoms with Crippen LogP contribution in [0.2, 0.25) is 0 Å². The Balaban J connectivity index is 1.70. The molecule has 4 rings (SSSR count). The first-order chi connectivity index (χ1) is 15.8. The van der Waals surface area contributed by atoms with Gasteiger partial charge in [-0.1, -0.05) is 56.3 Å². The summed E-state index contributed by atoms with van der Waals surface area (Å²) >= 11 is 0. The Kier molecular flexibility index (Phi) is 6.28.